The van der Waals surface area contributed by atoms with Gasteiger partial charge in [0.2, 0.25) is 0 Å². The van der Waals surface area contributed by atoms with E-state index in [-0.39, 0.29) is 11.9 Å². The Labute approximate surface area is 132 Å². The lowest BCUT2D eigenvalue weighted by Gasteiger charge is -2.32. The van der Waals surface area contributed by atoms with Crippen molar-refractivity contribution in [1.29, 1.82) is 0 Å². The van der Waals surface area contributed by atoms with E-state index in [1.165, 1.54) is 12.1 Å². The van der Waals surface area contributed by atoms with Gasteiger partial charge in [0, 0.05) is 5.33 Å². The first-order valence-electron chi connectivity index (χ1n) is 7.24. The number of hydrogen-bond donors (Lipinski definition) is 0. The Kier molecular flexibility index (Phi) is 5.23. The number of rotatable bonds is 3. The molecular weight excluding hydrogens is 345 g/mol. The molecule has 1 saturated carbocycles. The van der Waals surface area contributed by atoms with Gasteiger partial charge < -0.3 is 4.74 Å². The third-order valence-electron chi connectivity index (χ3n) is 4.35. The fourth-order valence-corrected chi connectivity index (χ4v) is 3.12. The maximum absolute atomic E-state index is 13.2. The van der Waals surface area contributed by atoms with Crippen molar-refractivity contribution in [1.82, 2.24) is 0 Å². The average molecular weight is 365 g/mol. The highest BCUT2D eigenvalue weighted by Gasteiger charge is 2.36. The summed E-state index contributed by atoms with van der Waals surface area (Å²) in [5.41, 5.74) is -0.0777. The van der Waals surface area contributed by atoms with Crippen molar-refractivity contribution in [2.45, 2.75) is 50.7 Å². The predicted octanol–water partition coefficient (Wildman–Crippen LogP) is 5.80. The first kappa shape index (κ1) is 16.7. The second-order valence-corrected chi connectivity index (χ2v) is 6.53. The number of alkyl halides is 4. The van der Waals surface area contributed by atoms with Gasteiger partial charge in [-0.3, -0.25) is 0 Å². The topological polar surface area (TPSA) is 9.23 Å². The zero-order valence-electron chi connectivity index (χ0n) is 12.2. The number of halogens is 4. The van der Waals surface area contributed by atoms with Gasteiger partial charge in [-0.2, -0.15) is 13.2 Å². The molecule has 1 aliphatic rings. The minimum Gasteiger partial charge on any atom is -0.490 e. The SMILES string of the molecule is CC1CCC(Oc2ccc(CBr)cc2C(F)(F)F)CC1C. The van der Waals surface area contributed by atoms with E-state index in [0.717, 1.165) is 19.3 Å². The van der Waals surface area contributed by atoms with E-state index in [1.807, 2.05) is 0 Å². The highest BCUT2D eigenvalue weighted by molar-refractivity contribution is 9.08. The summed E-state index contributed by atoms with van der Waals surface area (Å²) in [5, 5.41) is 0.397. The molecule has 0 heterocycles. The summed E-state index contributed by atoms with van der Waals surface area (Å²) >= 11 is 3.19. The molecule has 3 atom stereocenters. The molecule has 1 nitrogen and oxygen atoms in total. The molecule has 118 valence electrons. The second kappa shape index (κ2) is 6.59. The zero-order chi connectivity index (χ0) is 15.6. The van der Waals surface area contributed by atoms with Gasteiger partial charge in [-0.25, -0.2) is 0 Å². The quantitative estimate of drug-likeness (QED) is 0.615. The van der Waals surface area contributed by atoms with E-state index in [1.54, 1.807) is 6.07 Å². The smallest absolute Gasteiger partial charge is 0.419 e. The van der Waals surface area contributed by atoms with Crippen LogP contribution in [0.1, 0.15) is 44.2 Å². The van der Waals surface area contributed by atoms with Crippen molar-refractivity contribution in [3.05, 3.63) is 29.3 Å². The fraction of sp³-hybridized carbons (Fsp3) is 0.625. The molecule has 1 fully saturated rings. The van der Waals surface area contributed by atoms with Crippen LogP contribution in [0.4, 0.5) is 13.2 Å². The normalized spacial score (nSPS) is 26.7. The van der Waals surface area contributed by atoms with E-state index in [2.05, 4.69) is 29.8 Å². The Balaban J connectivity index is 2.19. The van der Waals surface area contributed by atoms with Crippen molar-refractivity contribution in [2.75, 3.05) is 0 Å². The largest absolute Gasteiger partial charge is 0.490 e. The van der Waals surface area contributed by atoms with Gasteiger partial charge in [0.15, 0.2) is 0 Å². The summed E-state index contributed by atoms with van der Waals surface area (Å²) in [6.07, 6.45) is -1.86. The molecule has 0 N–H and O–H groups in total. The van der Waals surface area contributed by atoms with Crippen LogP contribution in [0.15, 0.2) is 18.2 Å². The summed E-state index contributed by atoms with van der Waals surface area (Å²) < 4.78 is 45.2. The summed E-state index contributed by atoms with van der Waals surface area (Å²) in [6, 6.07) is 4.29. The lowest BCUT2D eigenvalue weighted by molar-refractivity contribution is -0.139. The molecule has 1 aromatic rings. The Morgan fingerprint density at radius 3 is 2.48 bits per heavy atom. The van der Waals surface area contributed by atoms with Crippen LogP contribution < -0.4 is 4.74 Å². The minimum atomic E-state index is -4.39. The molecule has 21 heavy (non-hydrogen) atoms. The number of hydrogen-bond acceptors (Lipinski definition) is 1. The van der Waals surface area contributed by atoms with E-state index in [9.17, 15) is 13.2 Å². The first-order valence-corrected chi connectivity index (χ1v) is 8.36. The van der Waals surface area contributed by atoms with E-state index in [0.29, 0.717) is 22.7 Å². The summed E-state index contributed by atoms with van der Waals surface area (Å²) in [4.78, 5) is 0. The molecule has 1 aliphatic carbocycles. The average Bonchev–Trinajstić information content (AvgIpc) is 2.42. The molecule has 1 aromatic carbocycles. The molecule has 0 amide bonds. The van der Waals surface area contributed by atoms with E-state index in [4.69, 9.17) is 4.74 Å². The lowest BCUT2D eigenvalue weighted by Crippen LogP contribution is -2.29. The van der Waals surface area contributed by atoms with Crippen LogP contribution >= 0.6 is 15.9 Å². The van der Waals surface area contributed by atoms with Crippen molar-refractivity contribution in [3.63, 3.8) is 0 Å². The molecule has 0 spiro atoms. The van der Waals surface area contributed by atoms with Crippen molar-refractivity contribution in [2.24, 2.45) is 11.8 Å². The van der Waals surface area contributed by atoms with Gasteiger partial charge in [-0.1, -0.05) is 35.8 Å². The standard InChI is InChI=1S/C16H20BrF3O/c1-10-3-5-13(7-11(10)2)21-15-6-4-12(9-17)8-14(15)16(18,19)20/h4,6,8,10-11,13H,3,5,7,9H2,1-2H3. The van der Waals surface area contributed by atoms with Crippen molar-refractivity contribution < 1.29 is 17.9 Å². The van der Waals surface area contributed by atoms with Crippen molar-refractivity contribution >= 4 is 15.9 Å². The molecule has 2 rings (SSSR count). The van der Waals surface area contributed by atoms with Gasteiger partial charge in [0.05, 0.1) is 11.7 Å². The highest BCUT2D eigenvalue weighted by atomic mass is 79.9. The van der Waals surface area contributed by atoms with Crippen molar-refractivity contribution in [3.8, 4) is 5.75 Å². The maximum Gasteiger partial charge on any atom is 0.419 e. The predicted molar refractivity (Wildman–Crippen MR) is 80.7 cm³/mol. The monoisotopic (exact) mass is 364 g/mol. The maximum atomic E-state index is 13.2. The third kappa shape index (κ3) is 4.15. The number of benzene rings is 1. The summed E-state index contributed by atoms with van der Waals surface area (Å²) in [5.74, 6) is 1.06. The molecule has 0 radical (unpaired) electrons. The van der Waals surface area contributed by atoms with Gasteiger partial charge >= 0.3 is 6.18 Å². The fourth-order valence-electron chi connectivity index (χ4n) is 2.77. The Morgan fingerprint density at radius 2 is 1.90 bits per heavy atom. The highest BCUT2D eigenvalue weighted by Crippen LogP contribution is 2.39. The third-order valence-corrected chi connectivity index (χ3v) is 4.99. The van der Waals surface area contributed by atoms with Crippen LogP contribution in [0.2, 0.25) is 0 Å². The van der Waals surface area contributed by atoms with Crippen LogP contribution in [0.25, 0.3) is 0 Å². The van der Waals surface area contributed by atoms with Crippen LogP contribution in [0.5, 0.6) is 5.75 Å². The van der Waals surface area contributed by atoms with Gasteiger partial charge in [0.1, 0.15) is 5.75 Å². The molecular formula is C16H20BrF3O. The van der Waals surface area contributed by atoms with Crippen LogP contribution in [0, 0.1) is 11.8 Å². The van der Waals surface area contributed by atoms with Crippen LogP contribution in [-0.2, 0) is 11.5 Å². The van der Waals surface area contributed by atoms with E-state index >= 15 is 0 Å². The van der Waals surface area contributed by atoms with Gasteiger partial charge in [-0.15, -0.1) is 0 Å². The number of ether oxygens (including phenoxy) is 1. The van der Waals surface area contributed by atoms with Crippen LogP contribution in [-0.4, -0.2) is 6.10 Å². The molecule has 3 unspecified atom stereocenters. The Bertz CT molecular complexity index is 487. The minimum absolute atomic E-state index is 0.0426. The lowest BCUT2D eigenvalue weighted by atomic mass is 9.80. The molecule has 5 heteroatoms. The zero-order valence-corrected chi connectivity index (χ0v) is 13.8. The summed E-state index contributed by atoms with van der Waals surface area (Å²) in [6.45, 7) is 4.33. The Morgan fingerprint density at radius 1 is 1.19 bits per heavy atom. The first-order chi connectivity index (χ1) is 9.81. The van der Waals surface area contributed by atoms with Gasteiger partial charge in [0.25, 0.3) is 0 Å². The molecule has 0 aromatic heterocycles. The Hall–Kier alpha value is -0.710. The summed E-state index contributed by atoms with van der Waals surface area (Å²) in [7, 11) is 0. The molecule has 0 bridgehead atoms. The molecule has 0 saturated heterocycles. The van der Waals surface area contributed by atoms with Crippen LogP contribution in [0.3, 0.4) is 0 Å². The van der Waals surface area contributed by atoms with Gasteiger partial charge in [-0.05, 0) is 48.8 Å². The molecule has 0 aliphatic heterocycles. The van der Waals surface area contributed by atoms with E-state index < -0.39 is 11.7 Å². The second-order valence-electron chi connectivity index (χ2n) is 5.97.